The van der Waals surface area contributed by atoms with Gasteiger partial charge in [-0.2, -0.15) is 8.42 Å². The van der Waals surface area contributed by atoms with Crippen LogP contribution in [0.2, 0.25) is 0 Å². The lowest BCUT2D eigenvalue weighted by Crippen LogP contribution is -2.09. The van der Waals surface area contributed by atoms with Gasteiger partial charge in [-0.05, 0) is 43.0 Å². The van der Waals surface area contributed by atoms with Gasteiger partial charge in [0.25, 0.3) is 10.1 Å². The van der Waals surface area contributed by atoms with Crippen molar-refractivity contribution < 1.29 is 12.6 Å². The Morgan fingerprint density at radius 2 is 1.43 bits per heavy atom. The summed E-state index contributed by atoms with van der Waals surface area (Å²) >= 11 is 0. The van der Waals surface area contributed by atoms with Gasteiger partial charge in [-0.3, -0.25) is 4.18 Å². The van der Waals surface area contributed by atoms with Crippen LogP contribution in [-0.4, -0.2) is 15.0 Å². The van der Waals surface area contributed by atoms with E-state index in [2.05, 4.69) is 44.3 Å². The molecule has 28 heavy (non-hydrogen) atoms. The lowest BCUT2D eigenvalue weighted by molar-refractivity contribution is 0.327. The van der Waals surface area contributed by atoms with E-state index in [0.717, 1.165) is 22.3 Å². The molecule has 2 aromatic carbocycles. The Hall–Kier alpha value is -2.43. The van der Waals surface area contributed by atoms with Gasteiger partial charge in [0.15, 0.2) is 0 Å². The molecule has 0 spiro atoms. The molecule has 2 aromatic rings. The lowest BCUT2D eigenvalue weighted by Gasteiger charge is -2.07. The van der Waals surface area contributed by atoms with Crippen molar-refractivity contribution in [1.29, 1.82) is 0 Å². The average Bonchev–Trinajstić information content (AvgIpc) is 2.68. The quantitative estimate of drug-likeness (QED) is 0.391. The van der Waals surface area contributed by atoms with Crippen molar-refractivity contribution in [3.05, 3.63) is 95.4 Å². The van der Waals surface area contributed by atoms with E-state index in [0.29, 0.717) is 6.42 Å². The minimum Gasteiger partial charge on any atom is -0.266 e. The molecular weight excluding hydrogens is 368 g/mol. The minimum absolute atomic E-state index is 0.0739. The van der Waals surface area contributed by atoms with Crippen LogP contribution in [-0.2, 0) is 20.7 Å². The smallest absolute Gasteiger partial charge is 0.266 e. The fourth-order valence-corrected chi connectivity index (χ4v) is 2.96. The molecule has 0 aliphatic carbocycles. The third-order valence-corrected chi connectivity index (χ3v) is 5.10. The number of hydrogen-bond acceptors (Lipinski definition) is 3. The predicted octanol–water partition coefficient (Wildman–Crippen LogP) is 6.22. The summed E-state index contributed by atoms with van der Waals surface area (Å²) in [5, 5.41) is 0. The molecule has 4 heteroatoms. The Labute approximate surface area is 170 Å². The van der Waals surface area contributed by atoms with E-state index in [9.17, 15) is 8.42 Å². The third kappa shape index (κ3) is 7.67. The van der Waals surface area contributed by atoms with Crippen LogP contribution < -0.4 is 0 Å². The van der Waals surface area contributed by atoms with Crippen LogP contribution in [0.4, 0.5) is 0 Å². The molecule has 0 aliphatic rings. The van der Waals surface area contributed by atoms with Gasteiger partial charge in [-0.25, -0.2) is 0 Å². The molecule has 0 atom stereocenters. The summed E-state index contributed by atoms with van der Waals surface area (Å²) in [6.45, 7) is 15.1. The Kier molecular flexibility index (Phi) is 9.63. The summed E-state index contributed by atoms with van der Waals surface area (Å²) in [5.74, 6) is 0. The zero-order valence-corrected chi connectivity index (χ0v) is 18.1. The van der Waals surface area contributed by atoms with Gasteiger partial charge in [0.05, 0.1) is 11.5 Å². The van der Waals surface area contributed by atoms with Crippen molar-refractivity contribution in [2.75, 3.05) is 6.61 Å². The van der Waals surface area contributed by atoms with Gasteiger partial charge < -0.3 is 0 Å². The largest absolute Gasteiger partial charge is 0.296 e. The van der Waals surface area contributed by atoms with E-state index < -0.39 is 10.1 Å². The zero-order valence-electron chi connectivity index (χ0n) is 17.2. The summed E-state index contributed by atoms with van der Waals surface area (Å²) < 4.78 is 29.0. The Morgan fingerprint density at radius 1 is 0.929 bits per heavy atom. The second-order valence-electron chi connectivity index (χ2n) is 6.24. The van der Waals surface area contributed by atoms with Gasteiger partial charge in [0.2, 0.25) is 0 Å². The number of benzene rings is 2. The molecule has 2 rings (SSSR count). The van der Waals surface area contributed by atoms with E-state index in [1.807, 2.05) is 38.1 Å². The highest BCUT2D eigenvalue weighted by atomic mass is 32.2. The topological polar surface area (TPSA) is 43.4 Å². The van der Waals surface area contributed by atoms with Crippen LogP contribution in [0.1, 0.15) is 31.9 Å². The molecular formula is C24H30O3S. The van der Waals surface area contributed by atoms with Crippen LogP contribution in [0.5, 0.6) is 0 Å². The van der Waals surface area contributed by atoms with Crippen molar-refractivity contribution in [3.8, 4) is 11.1 Å². The monoisotopic (exact) mass is 398 g/mol. The van der Waals surface area contributed by atoms with Gasteiger partial charge in [0, 0.05) is 0 Å². The highest BCUT2D eigenvalue weighted by Gasteiger charge is 2.13. The summed E-state index contributed by atoms with van der Waals surface area (Å²) in [6.07, 6.45) is 3.49. The van der Waals surface area contributed by atoms with Crippen molar-refractivity contribution in [3.63, 3.8) is 0 Å². The minimum atomic E-state index is -3.80. The first-order chi connectivity index (χ1) is 13.3. The SMILES string of the molecule is C=C(C)/C=C\C(=C)S(=O)(=O)OCCc1ccc(-c2ccc(C)cc2)cc1.CC. The Balaban J connectivity index is 0.00000190. The first kappa shape index (κ1) is 23.6. The zero-order chi connectivity index (χ0) is 21.2. The average molecular weight is 399 g/mol. The lowest BCUT2D eigenvalue weighted by atomic mass is 10.0. The predicted molar refractivity (Wildman–Crippen MR) is 120 cm³/mol. The molecule has 0 amide bonds. The second-order valence-corrected chi connectivity index (χ2v) is 7.90. The standard InChI is InChI=1S/C22H24O3S.C2H6/c1-17(2)5-8-19(4)26(23,24)25-16-15-20-9-13-22(14-10-20)21-11-6-18(3)7-12-21;1-2/h5-14H,1,4,15-16H2,2-3H3;1-2H3/b8-5-;. The molecule has 150 valence electrons. The fourth-order valence-electron chi connectivity index (χ4n) is 2.27. The van der Waals surface area contributed by atoms with E-state index in [1.54, 1.807) is 13.0 Å². The molecule has 0 unspecified atom stereocenters. The maximum absolute atomic E-state index is 12.0. The van der Waals surface area contributed by atoms with Crippen LogP contribution >= 0.6 is 0 Å². The molecule has 0 aliphatic heterocycles. The van der Waals surface area contributed by atoms with Gasteiger partial charge in [-0.15, -0.1) is 0 Å². The first-order valence-corrected chi connectivity index (χ1v) is 10.8. The summed E-state index contributed by atoms with van der Waals surface area (Å²) in [4.78, 5) is -0.0739. The highest BCUT2D eigenvalue weighted by Crippen LogP contribution is 2.20. The van der Waals surface area contributed by atoms with Crippen molar-refractivity contribution in [2.24, 2.45) is 0 Å². The maximum Gasteiger partial charge on any atom is 0.296 e. The Bertz CT molecular complexity index is 903. The number of hydrogen-bond donors (Lipinski definition) is 0. The van der Waals surface area contributed by atoms with Gasteiger partial charge in [-0.1, -0.05) is 92.7 Å². The van der Waals surface area contributed by atoms with Crippen molar-refractivity contribution >= 4 is 10.1 Å². The van der Waals surface area contributed by atoms with Crippen LogP contribution in [0.15, 0.2) is 84.3 Å². The first-order valence-electron chi connectivity index (χ1n) is 9.36. The van der Waals surface area contributed by atoms with Crippen LogP contribution in [0.25, 0.3) is 11.1 Å². The van der Waals surface area contributed by atoms with Gasteiger partial charge in [0.1, 0.15) is 0 Å². The molecule has 0 saturated carbocycles. The normalized spacial score (nSPS) is 11.0. The maximum atomic E-state index is 12.0. The van der Waals surface area contributed by atoms with E-state index in [4.69, 9.17) is 4.18 Å². The number of allylic oxidation sites excluding steroid dienone is 3. The summed E-state index contributed by atoms with van der Waals surface area (Å²) in [5.41, 5.74) is 5.26. The molecule has 3 nitrogen and oxygen atoms in total. The van der Waals surface area contributed by atoms with Gasteiger partial charge >= 0.3 is 0 Å². The summed E-state index contributed by atoms with van der Waals surface area (Å²) in [7, 11) is -3.80. The molecule has 0 saturated heterocycles. The molecule has 0 heterocycles. The molecule has 0 bridgehead atoms. The molecule has 0 fully saturated rings. The third-order valence-electron chi connectivity index (χ3n) is 3.84. The molecule has 0 radical (unpaired) electrons. The highest BCUT2D eigenvalue weighted by molar-refractivity contribution is 7.90. The summed E-state index contributed by atoms with van der Waals surface area (Å²) in [6, 6.07) is 16.4. The van der Waals surface area contributed by atoms with E-state index >= 15 is 0 Å². The van der Waals surface area contributed by atoms with Crippen LogP contribution in [0.3, 0.4) is 0 Å². The van der Waals surface area contributed by atoms with Crippen molar-refractivity contribution in [1.82, 2.24) is 0 Å². The van der Waals surface area contributed by atoms with E-state index in [1.165, 1.54) is 11.6 Å². The second kappa shape index (κ2) is 11.4. The fraction of sp³-hybridized carbons (Fsp3) is 0.250. The van der Waals surface area contributed by atoms with Crippen molar-refractivity contribution in [2.45, 2.75) is 34.1 Å². The molecule has 0 N–H and O–H groups in total. The Morgan fingerprint density at radius 3 is 1.93 bits per heavy atom. The molecule has 0 aromatic heterocycles. The van der Waals surface area contributed by atoms with Crippen LogP contribution in [0, 0.1) is 6.92 Å². The number of rotatable bonds is 8. The van der Waals surface area contributed by atoms with E-state index in [-0.39, 0.29) is 11.5 Å². The number of aryl methyl sites for hydroxylation is 1.